The van der Waals surface area contributed by atoms with Crippen molar-refractivity contribution in [3.05, 3.63) is 65.0 Å². The van der Waals surface area contributed by atoms with E-state index in [9.17, 15) is 14.0 Å². The molecule has 0 aliphatic carbocycles. The highest BCUT2D eigenvalue weighted by Crippen LogP contribution is 2.22. The average molecular weight is 368 g/mol. The number of likely N-dealkylation sites (tertiary alicyclic amines) is 1. The molecule has 0 aromatic heterocycles. The highest BCUT2D eigenvalue weighted by molar-refractivity contribution is 5.97. The van der Waals surface area contributed by atoms with Crippen LogP contribution in [-0.4, -0.2) is 29.3 Å². The molecule has 1 heterocycles. The molecule has 27 heavy (non-hydrogen) atoms. The van der Waals surface area contributed by atoms with E-state index in [1.54, 1.807) is 24.3 Å². The molecule has 142 valence electrons. The van der Waals surface area contributed by atoms with Crippen molar-refractivity contribution in [2.24, 2.45) is 0 Å². The maximum absolute atomic E-state index is 13.2. The van der Waals surface area contributed by atoms with Crippen LogP contribution < -0.4 is 5.32 Å². The molecule has 2 aromatic carbocycles. The van der Waals surface area contributed by atoms with Crippen LogP contribution >= 0.6 is 0 Å². The Labute approximate surface area is 159 Å². The number of nitrogens with one attached hydrogen (secondary N) is 1. The van der Waals surface area contributed by atoms with E-state index in [4.69, 9.17) is 0 Å². The van der Waals surface area contributed by atoms with Gasteiger partial charge in [0.1, 0.15) is 5.82 Å². The van der Waals surface area contributed by atoms with E-state index in [1.807, 2.05) is 17.9 Å². The molecule has 4 nitrogen and oxygen atoms in total. The van der Waals surface area contributed by atoms with E-state index in [0.29, 0.717) is 16.8 Å². The molecule has 2 amide bonds. The van der Waals surface area contributed by atoms with Crippen LogP contribution in [0, 0.1) is 12.7 Å². The largest absolute Gasteiger partial charge is 0.336 e. The first-order valence-corrected chi connectivity index (χ1v) is 9.40. The van der Waals surface area contributed by atoms with Gasteiger partial charge in [-0.05, 0) is 74.6 Å². The summed E-state index contributed by atoms with van der Waals surface area (Å²) in [7, 11) is 0. The summed E-state index contributed by atoms with van der Waals surface area (Å²) in [5, 5.41) is 2.85. The van der Waals surface area contributed by atoms with Gasteiger partial charge in [-0.25, -0.2) is 4.39 Å². The monoisotopic (exact) mass is 368 g/mol. The Balaban J connectivity index is 1.67. The van der Waals surface area contributed by atoms with Crippen LogP contribution in [0.5, 0.6) is 0 Å². The number of nitrogens with zero attached hydrogens (tertiary/aromatic N) is 1. The van der Waals surface area contributed by atoms with Crippen LogP contribution in [0.4, 0.5) is 10.1 Å². The van der Waals surface area contributed by atoms with Crippen molar-refractivity contribution in [2.45, 2.75) is 45.6 Å². The Morgan fingerprint density at radius 1 is 1.19 bits per heavy atom. The minimum atomic E-state index is -0.355. The molecular weight excluding hydrogens is 343 g/mol. The lowest BCUT2D eigenvalue weighted by molar-refractivity contribution is -0.115. The third-order valence-corrected chi connectivity index (χ3v) is 5.06. The number of rotatable bonds is 4. The molecule has 2 aromatic rings. The van der Waals surface area contributed by atoms with E-state index in [2.05, 4.69) is 12.2 Å². The number of carbonyl (C=O) groups excluding carboxylic acids is 2. The Morgan fingerprint density at radius 2 is 2.00 bits per heavy atom. The van der Waals surface area contributed by atoms with Crippen molar-refractivity contribution in [2.75, 3.05) is 11.9 Å². The molecule has 1 unspecified atom stereocenters. The second-order valence-corrected chi connectivity index (χ2v) is 7.23. The Kier molecular flexibility index (Phi) is 5.89. The standard InChI is InChI=1S/C22H25FN2O2/c1-15-12-18(22(27)25-11-4-3-6-16(25)2)9-10-20(15)24-21(26)14-17-7-5-8-19(23)13-17/h5,7-10,12-13,16H,3-4,6,11,14H2,1-2H3,(H,24,26). The predicted octanol–water partition coefficient (Wildman–Crippen LogP) is 4.33. The van der Waals surface area contributed by atoms with Crippen LogP contribution in [0.3, 0.4) is 0 Å². The first kappa shape index (κ1) is 19.1. The lowest BCUT2D eigenvalue weighted by atomic mass is 10.0. The van der Waals surface area contributed by atoms with Crippen molar-refractivity contribution in [3.63, 3.8) is 0 Å². The van der Waals surface area contributed by atoms with Gasteiger partial charge in [-0.3, -0.25) is 9.59 Å². The Hall–Kier alpha value is -2.69. The van der Waals surface area contributed by atoms with Crippen LogP contribution in [-0.2, 0) is 11.2 Å². The zero-order valence-corrected chi connectivity index (χ0v) is 15.8. The second-order valence-electron chi connectivity index (χ2n) is 7.23. The molecule has 1 aliphatic heterocycles. The van der Waals surface area contributed by atoms with Gasteiger partial charge in [0.2, 0.25) is 5.91 Å². The summed E-state index contributed by atoms with van der Waals surface area (Å²) in [6, 6.07) is 11.6. The summed E-state index contributed by atoms with van der Waals surface area (Å²) in [6.07, 6.45) is 3.35. The fourth-order valence-electron chi connectivity index (χ4n) is 3.53. The van der Waals surface area contributed by atoms with Gasteiger partial charge in [-0.15, -0.1) is 0 Å². The first-order chi connectivity index (χ1) is 12.9. The molecule has 0 saturated carbocycles. The van der Waals surface area contributed by atoms with Gasteiger partial charge in [-0.1, -0.05) is 12.1 Å². The van der Waals surface area contributed by atoms with E-state index in [1.165, 1.54) is 18.6 Å². The van der Waals surface area contributed by atoms with Crippen molar-refractivity contribution in [1.29, 1.82) is 0 Å². The van der Waals surface area contributed by atoms with Gasteiger partial charge < -0.3 is 10.2 Å². The number of piperidine rings is 1. The van der Waals surface area contributed by atoms with Crippen molar-refractivity contribution >= 4 is 17.5 Å². The average Bonchev–Trinajstić information content (AvgIpc) is 2.63. The number of benzene rings is 2. The van der Waals surface area contributed by atoms with Crippen molar-refractivity contribution in [3.8, 4) is 0 Å². The number of halogens is 1. The molecule has 1 saturated heterocycles. The quantitative estimate of drug-likeness (QED) is 0.873. The molecule has 1 N–H and O–H groups in total. The predicted molar refractivity (Wildman–Crippen MR) is 104 cm³/mol. The summed E-state index contributed by atoms with van der Waals surface area (Å²) in [5.41, 5.74) is 2.76. The number of hydrogen-bond acceptors (Lipinski definition) is 2. The van der Waals surface area contributed by atoms with Gasteiger partial charge in [-0.2, -0.15) is 0 Å². The van der Waals surface area contributed by atoms with Gasteiger partial charge in [0, 0.05) is 23.8 Å². The third-order valence-electron chi connectivity index (χ3n) is 5.06. The normalized spacial score (nSPS) is 16.9. The lowest BCUT2D eigenvalue weighted by Gasteiger charge is -2.33. The van der Waals surface area contributed by atoms with Crippen LogP contribution in [0.25, 0.3) is 0 Å². The molecule has 0 spiro atoms. The Bertz CT molecular complexity index is 850. The molecule has 0 bridgehead atoms. The molecule has 3 rings (SSSR count). The second kappa shape index (κ2) is 8.33. The highest BCUT2D eigenvalue weighted by Gasteiger charge is 2.24. The lowest BCUT2D eigenvalue weighted by Crippen LogP contribution is -2.42. The van der Waals surface area contributed by atoms with E-state index in [0.717, 1.165) is 24.9 Å². The van der Waals surface area contributed by atoms with E-state index in [-0.39, 0.29) is 30.1 Å². The zero-order chi connectivity index (χ0) is 19.4. The number of hydrogen-bond donors (Lipinski definition) is 1. The molecule has 1 fully saturated rings. The number of carbonyl (C=O) groups is 2. The fraction of sp³-hybridized carbons (Fsp3) is 0.364. The fourth-order valence-corrected chi connectivity index (χ4v) is 3.53. The number of amides is 2. The van der Waals surface area contributed by atoms with Gasteiger partial charge >= 0.3 is 0 Å². The number of aryl methyl sites for hydroxylation is 1. The maximum atomic E-state index is 13.2. The Morgan fingerprint density at radius 3 is 2.70 bits per heavy atom. The smallest absolute Gasteiger partial charge is 0.254 e. The molecule has 1 aliphatic rings. The highest BCUT2D eigenvalue weighted by atomic mass is 19.1. The summed E-state index contributed by atoms with van der Waals surface area (Å²) < 4.78 is 13.2. The molecule has 0 radical (unpaired) electrons. The van der Waals surface area contributed by atoms with Gasteiger partial charge in [0.15, 0.2) is 0 Å². The summed E-state index contributed by atoms with van der Waals surface area (Å²) in [6.45, 7) is 4.75. The summed E-state index contributed by atoms with van der Waals surface area (Å²) in [4.78, 5) is 26.9. The summed E-state index contributed by atoms with van der Waals surface area (Å²) in [5.74, 6) is -0.526. The maximum Gasteiger partial charge on any atom is 0.254 e. The first-order valence-electron chi connectivity index (χ1n) is 9.40. The van der Waals surface area contributed by atoms with Crippen LogP contribution in [0.2, 0.25) is 0 Å². The van der Waals surface area contributed by atoms with E-state index >= 15 is 0 Å². The minimum absolute atomic E-state index is 0.0444. The minimum Gasteiger partial charge on any atom is -0.336 e. The third kappa shape index (κ3) is 4.73. The zero-order valence-electron chi connectivity index (χ0n) is 15.8. The van der Waals surface area contributed by atoms with Gasteiger partial charge in [0.05, 0.1) is 6.42 Å². The van der Waals surface area contributed by atoms with Gasteiger partial charge in [0.25, 0.3) is 5.91 Å². The SMILES string of the molecule is Cc1cc(C(=O)N2CCCCC2C)ccc1NC(=O)Cc1cccc(F)c1. The van der Waals surface area contributed by atoms with Crippen molar-refractivity contribution < 1.29 is 14.0 Å². The molecule has 5 heteroatoms. The number of anilines is 1. The van der Waals surface area contributed by atoms with E-state index < -0.39 is 0 Å². The molecule has 1 atom stereocenters. The van der Waals surface area contributed by atoms with Crippen LogP contribution in [0.1, 0.15) is 47.7 Å². The topological polar surface area (TPSA) is 49.4 Å². The van der Waals surface area contributed by atoms with Crippen molar-refractivity contribution in [1.82, 2.24) is 4.90 Å². The van der Waals surface area contributed by atoms with Crippen LogP contribution in [0.15, 0.2) is 42.5 Å². The summed E-state index contributed by atoms with van der Waals surface area (Å²) >= 11 is 0. The molecular formula is C22H25FN2O2.